The number of nitrogens with zero attached hydrogens (tertiary/aromatic N) is 5. The highest BCUT2D eigenvalue weighted by molar-refractivity contribution is 6.10. The van der Waals surface area contributed by atoms with Gasteiger partial charge in [0, 0.05) is 17.4 Å². The minimum atomic E-state index is -1.33. The van der Waals surface area contributed by atoms with Crippen LogP contribution >= 0.6 is 0 Å². The van der Waals surface area contributed by atoms with Crippen LogP contribution < -0.4 is 15.4 Å². The quantitative estimate of drug-likeness (QED) is 0.710. The molecule has 4 rings (SSSR count). The molecular weight excluding hydrogens is 387 g/mol. The van der Waals surface area contributed by atoms with Crippen molar-refractivity contribution in [3.05, 3.63) is 48.2 Å². The second-order valence-corrected chi connectivity index (χ2v) is 7.89. The van der Waals surface area contributed by atoms with Gasteiger partial charge in [0.05, 0.1) is 25.1 Å². The van der Waals surface area contributed by atoms with Gasteiger partial charge in [-0.15, -0.1) is 0 Å². The van der Waals surface area contributed by atoms with Crippen molar-refractivity contribution in [2.24, 2.45) is 0 Å². The molecule has 0 fully saturated rings. The number of carbonyl (C=O) groups is 1. The summed E-state index contributed by atoms with van der Waals surface area (Å²) in [5.74, 6) is -0.0153. The summed E-state index contributed by atoms with van der Waals surface area (Å²) in [6.07, 6.45) is 4.72. The van der Waals surface area contributed by atoms with E-state index in [-0.39, 0.29) is 29.7 Å². The Morgan fingerprint density at radius 1 is 1.27 bits per heavy atom. The van der Waals surface area contributed by atoms with Gasteiger partial charge >= 0.3 is 0 Å². The summed E-state index contributed by atoms with van der Waals surface area (Å²) in [6.45, 7) is 5.88. The molecule has 30 heavy (non-hydrogen) atoms. The molecule has 156 valence electrons. The summed E-state index contributed by atoms with van der Waals surface area (Å²) < 4.78 is 21.2. The van der Waals surface area contributed by atoms with Gasteiger partial charge < -0.3 is 19.9 Å². The number of benzene rings is 1. The van der Waals surface area contributed by atoms with Crippen molar-refractivity contribution in [2.45, 2.75) is 33.0 Å². The number of aromatic nitrogens is 4. The van der Waals surface area contributed by atoms with Crippen LogP contribution in [-0.4, -0.2) is 44.2 Å². The van der Waals surface area contributed by atoms with E-state index < -0.39 is 5.67 Å². The molecule has 9 heteroatoms. The molecule has 8 nitrogen and oxygen atoms in total. The van der Waals surface area contributed by atoms with E-state index in [1.54, 1.807) is 15.8 Å². The Morgan fingerprint density at radius 3 is 2.80 bits per heavy atom. The fourth-order valence-electron chi connectivity index (χ4n) is 3.53. The lowest BCUT2D eigenvalue weighted by atomic mass is 10.0. The van der Waals surface area contributed by atoms with Crippen molar-refractivity contribution in [1.29, 1.82) is 0 Å². The average Bonchev–Trinajstić information content (AvgIpc) is 3.03. The van der Waals surface area contributed by atoms with Crippen LogP contribution in [0.3, 0.4) is 0 Å². The number of carbonyl (C=O) groups excluding carboxylic acids is 1. The zero-order chi connectivity index (χ0) is 21.5. The number of halogens is 1. The number of amides is 1. The van der Waals surface area contributed by atoms with E-state index in [0.29, 0.717) is 18.8 Å². The first-order valence-corrected chi connectivity index (χ1v) is 9.60. The van der Waals surface area contributed by atoms with E-state index in [1.165, 1.54) is 20.2 Å². The molecule has 3 aromatic rings. The average molecular weight is 410 g/mol. The summed E-state index contributed by atoms with van der Waals surface area (Å²) in [5.41, 5.74) is 8.06. The number of nitrogen functional groups attached to an aromatic ring is 1. The maximum absolute atomic E-state index is 13.9. The molecule has 0 saturated heterocycles. The van der Waals surface area contributed by atoms with Crippen LogP contribution in [0, 0.1) is 6.92 Å². The second kappa shape index (κ2) is 7.40. The van der Waals surface area contributed by atoms with E-state index in [9.17, 15) is 9.18 Å². The third-order valence-corrected chi connectivity index (χ3v) is 4.84. The predicted molar refractivity (Wildman–Crippen MR) is 111 cm³/mol. The molecule has 0 radical (unpaired) electrons. The molecule has 0 saturated carbocycles. The largest absolute Gasteiger partial charge is 0.475 e. The van der Waals surface area contributed by atoms with Crippen molar-refractivity contribution in [3.63, 3.8) is 0 Å². The third-order valence-electron chi connectivity index (χ3n) is 4.84. The zero-order valence-corrected chi connectivity index (χ0v) is 17.1. The van der Waals surface area contributed by atoms with Gasteiger partial charge in [-0.3, -0.25) is 4.79 Å². The SMILES string of the molecule is Cc1cc(N2CCOc3ncnc(N)c3C2=O)ccc1-c1cn(CC(C)(C)F)cn1. The zero-order valence-electron chi connectivity index (χ0n) is 17.1. The van der Waals surface area contributed by atoms with Crippen LogP contribution in [0.25, 0.3) is 11.3 Å². The molecule has 0 bridgehead atoms. The Labute approximate surface area is 173 Å². The van der Waals surface area contributed by atoms with Crippen LogP contribution in [0.4, 0.5) is 15.9 Å². The Bertz CT molecular complexity index is 1110. The molecule has 0 unspecified atom stereocenters. The van der Waals surface area contributed by atoms with Crippen molar-refractivity contribution in [3.8, 4) is 17.1 Å². The number of aryl methyl sites for hydroxylation is 1. The van der Waals surface area contributed by atoms with Gasteiger partial charge in [-0.2, -0.15) is 0 Å². The Kier molecular flexibility index (Phi) is 4.89. The molecule has 0 atom stereocenters. The number of hydrogen-bond donors (Lipinski definition) is 1. The number of hydrogen-bond acceptors (Lipinski definition) is 6. The molecule has 1 aliphatic rings. The highest BCUT2D eigenvalue weighted by Crippen LogP contribution is 2.31. The van der Waals surface area contributed by atoms with Gasteiger partial charge in [-0.05, 0) is 38.5 Å². The Hall–Kier alpha value is -3.49. The molecular formula is C21H23FN6O2. The molecule has 1 aromatic carbocycles. The molecule has 3 heterocycles. The Balaban J connectivity index is 1.64. The highest BCUT2D eigenvalue weighted by atomic mass is 19.1. The van der Waals surface area contributed by atoms with Crippen molar-refractivity contribution < 1.29 is 13.9 Å². The van der Waals surface area contributed by atoms with E-state index in [1.807, 2.05) is 31.3 Å². The molecule has 0 spiro atoms. The normalized spacial score (nSPS) is 14.3. The number of fused-ring (bicyclic) bond motifs is 1. The number of nitrogens with two attached hydrogens (primary N) is 1. The van der Waals surface area contributed by atoms with Gasteiger partial charge in [0.15, 0.2) is 0 Å². The second-order valence-electron chi connectivity index (χ2n) is 7.89. The van der Waals surface area contributed by atoms with Crippen LogP contribution in [0.1, 0.15) is 29.8 Å². The predicted octanol–water partition coefficient (Wildman–Crippen LogP) is 3.02. The van der Waals surface area contributed by atoms with Crippen molar-refractivity contribution in [1.82, 2.24) is 19.5 Å². The number of rotatable bonds is 4. The minimum absolute atomic E-state index is 0.0894. The molecule has 1 aliphatic heterocycles. The van der Waals surface area contributed by atoms with Crippen LogP contribution in [0.5, 0.6) is 5.88 Å². The summed E-state index contributed by atoms with van der Waals surface area (Å²) in [5, 5.41) is 0. The highest BCUT2D eigenvalue weighted by Gasteiger charge is 2.29. The minimum Gasteiger partial charge on any atom is -0.475 e. The van der Waals surface area contributed by atoms with E-state index >= 15 is 0 Å². The number of imidazole rings is 1. The lowest BCUT2D eigenvalue weighted by molar-refractivity contribution is 0.0990. The maximum atomic E-state index is 13.9. The van der Waals surface area contributed by atoms with Gasteiger partial charge in [-0.25, -0.2) is 19.3 Å². The van der Waals surface area contributed by atoms with Gasteiger partial charge in [0.25, 0.3) is 5.91 Å². The topological polar surface area (TPSA) is 99.2 Å². The summed E-state index contributed by atoms with van der Waals surface area (Å²) >= 11 is 0. The standard InChI is InChI=1S/C21H23FN6O2/c1-13-8-14(4-5-15(13)16-9-27(12-26-16)10-21(2,3)22)28-6-7-30-19-17(20(28)29)18(23)24-11-25-19/h4-5,8-9,11-12H,6-7,10H2,1-3H3,(H2,23,24,25). The van der Waals surface area contributed by atoms with Crippen LogP contribution in [0.2, 0.25) is 0 Å². The molecule has 2 N–H and O–H groups in total. The summed E-state index contributed by atoms with van der Waals surface area (Å²) in [6, 6.07) is 5.67. The fraction of sp³-hybridized carbons (Fsp3) is 0.333. The number of anilines is 2. The first-order chi connectivity index (χ1) is 14.2. The molecule has 1 amide bonds. The lowest BCUT2D eigenvalue weighted by Gasteiger charge is -2.21. The Morgan fingerprint density at radius 2 is 2.07 bits per heavy atom. The molecule has 0 aliphatic carbocycles. The van der Waals surface area contributed by atoms with E-state index in [0.717, 1.165) is 16.8 Å². The van der Waals surface area contributed by atoms with E-state index in [4.69, 9.17) is 10.5 Å². The third kappa shape index (κ3) is 3.83. The first kappa shape index (κ1) is 19.8. The van der Waals surface area contributed by atoms with Gasteiger partial charge in [0.1, 0.15) is 30.0 Å². The maximum Gasteiger partial charge on any atom is 0.267 e. The first-order valence-electron chi connectivity index (χ1n) is 9.60. The summed E-state index contributed by atoms with van der Waals surface area (Å²) in [7, 11) is 0. The van der Waals surface area contributed by atoms with E-state index in [2.05, 4.69) is 15.0 Å². The fourth-order valence-corrected chi connectivity index (χ4v) is 3.53. The van der Waals surface area contributed by atoms with Gasteiger partial charge in [-0.1, -0.05) is 6.07 Å². The van der Waals surface area contributed by atoms with Crippen LogP contribution in [-0.2, 0) is 6.54 Å². The lowest BCUT2D eigenvalue weighted by Crippen LogP contribution is -2.32. The van der Waals surface area contributed by atoms with Gasteiger partial charge in [0.2, 0.25) is 5.88 Å². The number of alkyl halides is 1. The smallest absolute Gasteiger partial charge is 0.267 e. The molecule has 2 aromatic heterocycles. The van der Waals surface area contributed by atoms with Crippen molar-refractivity contribution in [2.75, 3.05) is 23.8 Å². The van der Waals surface area contributed by atoms with Crippen molar-refractivity contribution >= 4 is 17.4 Å². The summed E-state index contributed by atoms with van der Waals surface area (Å²) in [4.78, 5) is 27.0. The number of ether oxygens (including phenoxy) is 1. The van der Waals surface area contributed by atoms with Crippen LogP contribution in [0.15, 0.2) is 37.1 Å². The monoisotopic (exact) mass is 410 g/mol.